The second kappa shape index (κ2) is 7.26. The molecule has 1 aromatic carbocycles. The van der Waals surface area contributed by atoms with Gasteiger partial charge in [0.15, 0.2) is 0 Å². The van der Waals surface area contributed by atoms with Gasteiger partial charge in [-0.15, -0.1) is 0 Å². The van der Waals surface area contributed by atoms with Gasteiger partial charge in [0.1, 0.15) is 5.82 Å². The lowest BCUT2D eigenvalue weighted by Gasteiger charge is -2.44. The Kier molecular flexibility index (Phi) is 4.69. The molecular weight excluding hydrogens is 310 g/mol. The van der Waals surface area contributed by atoms with E-state index in [1.807, 2.05) is 6.20 Å². The smallest absolute Gasteiger partial charge is 0.128 e. The highest BCUT2D eigenvalue weighted by molar-refractivity contribution is 5.47. The van der Waals surface area contributed by atoms with E-state index in [0.717, 1.165) is 56.3 Å². The molecule has 1 atom stereocenters. The molecule has 4 nitrogen and oxygen atoms in total. The van der Waals surface area contributed by atoms with Crippen LogP contribution in [0.25, 0.3) is 0 Å². The summed E-state index contributed by atoms with van der Waals surface area (Å²) in [5.74, 6) is 7.43. The number of fused-ring (bicyclic) bond motifs is 1. The van der Waals surface area contributed by atoms with Crippen LogP contribution in [0.5, 0.6) is 0 Å². The van der Waals surface area contributed by atoms with Crippen molar-refractivity contribution in [1.82, 2.24) is 9.88 Å². The average molecular weight is 333 g/mol. The van der Waals surface area contributed by atoms with Crippen LogP contribution < -0.4 is 4.90 Å². The molecule has 0 unspecified atom stereocenters. The number of piperazine rings is 1. The minimum Gasteiger partial charge on any atom is -0.378 e. The molecule has 3 heterocycles. The quantitative estimate of drug-likeness (QED) is 0.749. The van der Waals surface area contributed by atoms with E-state index in [1.54, 1.807) is 0 Å². The summed E-state index contributed by atoms with van der Waals surface area (Å²) < 4.78 is 5.62. The number of ether oxygens (including phenoxy) is 1. The Morgan fingerprint density at radius 1 is 1.00 bits per heavy atom. The van der Waals surface area contributed by atoms with Gasteiger partial charge in [-0.3, -0.25) is 4.90 Å². The summed E-state index contributed by atoms with van der Waals surface area (Å²) in [6, 6.07) is 12.9. The number of benzene rings is 1. The fraction of sp³-hybridized carbons (Fsp3) is 0.381. The third-order valence-corrected chi connectivity index (χ3v) is 4.91. The van der Waals surface area contributed by atoms with Crippen LogP contribution >= 0.6 is 0 Å². The molecule has 2 fully saturated rings. The van der Waals surface area contributed by atoms with E-state index < -0.39 is 0 Å². The summed E-state index contributed by atoms with van der Waals surface area (Å²) in [6.07, 6.45) is 1.88. The predicted molar refractivity (Wildman–Crippen MR) is 99.8 cm³/mol. The van der Waals surface area contributed by atoms with Crippen molar-refractivity contribution < 1.29 is 4.74 Å². The van der Waals surface area contributed by atoms with E-state index in [0.29, 0.717) is 6.04 Å². The topological polar surface area (TPSA) is 28.6 Å². The number of anilines is 1. The molecule has 25 heavy (non-hydrogen) atoms. The van der Waals surface area contributed by atoms with Crippen LogP contribution in [0.4, 0.5) is 5.82 Å². The highest BCUT2D eigenvalue weighted by Gasteiger charge is 2.29. The summed E-state index contributed by atoms with van der Waals surface area (Å²) >= 11 is 0. The zero-order valence-electron chi connectivity index (χ0n) is 14.6. The molecule has 0 radical (unpaired) electrons. The van der Waals surface area contributed by atoms with Gasteiger partial charge in [-0.25, -0.2) is 4.98 Å². The first-order valence-corrected chi connectivity index (χ1v) is 8.89. The molecular formula is C21H23N3O. The maximum absolute atomic E-state index is 5.62. The first-order valence-electron chi connectivity index (χ1n) is 8.89. The monoisotopic (exact) mass is 333 g/mol. The number of hydrogen-bond acceptors (Lipinski definition) is 4. The van der Waals surface area contributed by atoms with Crippen LogP contribution in [0, 0.1) is 18.8 Å². The lowest BCUT2D eigenvalue weighted by atomic mass is 10.1. The SMILES string of the molecule is Cc1ccc(C#Cc2ccc(N3CCN4CCOC[C@H]4C3)nc2)cc1. The first-order chi connectivity index (χ1) is 12.3. The lowest BCUT2D eigenvalue weighted by Crippen LogP contribution is -2.58. The van der Waals surface area contributed by atoms with Crippen LogP contribution in [0.3, 0.4) is 0 Å². The zero-order valence-corrected chi connectivity index (χ0v) is 14.6. The minimum atomic E-state index is 0.491. The normalized spacial score (nSPS) is 20.5. The number of morpholine rings is 1. The number of aryl methyl sites for hydroxylation is 1. The molecule has 0 bridgehead atoms. The highest BCUT2D eigenvalue weighted by Crippen LogP contribution is 2.19. The van der Waals surface area contributed by atoms with E-state index in [4.69, 9.17) is 4.74 Å². The van der Waals surface area contributed by atoms with Crippen molar-refractivity contribution >= 4 is 5.82 Å². The van der Waals surface area contributed by atoms with Gasteiger partial charge in [0.05, 0.1) is 19.3 Å². The Balaban J connectivity index is 1.43. The van der Waals surface area contributed by atoms with Crippen LogP contribution in [0.2, 0.25) is 0 Å². The predicted octanol–water partition coefficient (Wildman–Crippen LogP) is 2.31. The van der Waals surface area contributed by atoms with Crippen molar-refractivity contribution in [2.24, 2.45) is 0 Å². The zero-order chi connectivity index (χ0) is 17.1. The van der Waals surface area contributed by atoms with E-state index in [9.17, 15) is 0 Å². The third-order valence-electron chi connectivity index (χ3n) is 4.91. The number of rotatable bonds is 1. The molecule has 0 aliphatic carbocycles. The van der Waals surface area contributed by atoms with Gasteiger partial charge in [0.25, 0.3) is 0 Å². The molecule has 0 spiro atoms. The van der Waals surface area contributed by atoms with Gasteiger partial charge >= 0.3 is 0 Å². The summed E-state index contributed by atoms with van der Waals surface area (Å²) in [7, 11) is 0. The van der Waals surface area contributed by atoms with Crippen molar-refractivity contribution in [3.05, 3.63) is 59.3 Å². The average Bonchev–Trinajstić information content (AvgIpc) is 2.68. The van der Waals surface area contributed by atoms with Gasteiger partial charge in [0.2, 0.25) is 0 Å². The maximum Gasteiger partial charge on any atom is 0.128 e. The number of nitrogens with zero attached hydrogens (tertiary/aromatic N) is 3. The highest BCUT2D eigenvalue weighted by atomic mass is 16.5. The molecule has 2 aliphatic heterocycles. The van der Waals surface area contributed by atoms with Crippen LogP contribution in [-0.4, -0.2) is 55.3 Å². The van der Waals surface area contributed by atoms with Crippen molar-refractivity contribution in [3.8, 4) is 11.8 Å². The number of pyridine rings is 1. The molecule has 128 valence electrons. The Morgan fingerprint density at radius 2 is 1.80 bits per heavy atom. The molecule has 4 rings (SSSR count). The van der Waals surface area contributed by atoms with Gasteiger partial charge in [-0.05, 0) is 31.2 Å². The summed E-state index contributed by atoms with van der Waals surface area (Å²) in [6.45, 7) is 7.93. The molecule has 1 aromatic heterocycles. The lowest BCUT2D eigenvalue weighted by molar-refractivity contribution is -0.0117. The standard InChI is InChI=1S/C21H23N3O/c1-17-2-4-18(5-3-17)6-7-19-8-9-21(22-14-19)24-11-10-23-12-13-25-16-20(23)15-24/h2-5,8-9,14,20H,10-13,15-16H2,1H3/t20-/m1/s1. The molecule has 0 saturated carbocycles. The van der Waals surface area contributed by atoms with Crippen molar-refractivity contribution in [3.63, 3.8) is 0 Å². The maximum atomic E-state index is 5.62. The third kappa shape index (κ3) is 3.84. The fourth-order valence-corrected chi connectivity index (χ4v) is 3.38. The van der Waals surface area contributed by atoms with E-state index >= 15 is 0 Å². The summed E-state index contributed by atoms with van der Waals surface area (Å²) in [4.78, 5) is 9.51. The molecule has 2 saturated heterocycles. The minimum absolute atomic E-state index is 0.491. The van der Waals surface area contributed by atoms with E-state index in [-0.39, 0.29) is 0 Å². The Hall–Kier alpha value is -2.35. The molecule has 4 heteroatoms. The fourth-order valence-electron chi connectivity index (χ4n) is 3.38. The molecule has 2 aliphatic rings. The van der Waals surface area contributed by atoms with E-state index in [1.165, 1.54) is 5.56 Å². The van der Waals surface area contributed by atoms with Crippen molar-refractivity contribution in [2.75, 3.05) is 44.3 Å². The van der Waals surface area contributed by atoms with Crippen molar-refractivity contribution in [1.29, 1.82) is 0 Å². The molecule has 0 N–H and O–H groups in total. The van der Waals surface area contributed by atoms with Crippen LogP contribution in [-0.2, 0) is 4.74 Å². The van der Waals surface area contributed by atoms with Gasteiger partial charge < -0.3 is 9.64 Å². The molecule has 0 amide bonds. The van der Waals surface area contributed by atoms with Crippen molar-refractivity contribution in [2.45, 2.75) is 13.0 Å². The Labute approximate surface area is 149 Å². The van der Waals surface area contributed by atoms with Crippen LogP contribution in [0.15, 0.2) is 42.6 Å². The van der Waals surface area contributed by atoms with Gasteiger partial charge in [-0.2, -0.15) is 0 Å². The largest absolute Gasteiger partial charge is 0.378 e. The van der Waals surface area contributed by atoms with Gasteiger partial charge in [0, 0.05) is 43.5 Å². The Morgan fingerprint density at radius 3 is 2.60 bits per heavy atom. The van der Waals surface area contributed by atoms with Gasteiger partial charge in [-0.1, -0.05) is 29.5 Å². The number of aromatic nitrogens is 1. The van der Waals surface area contributed by atoms with Crippen LogP contribution in [0.1, 0.15) is 16.7 Å². The first kappa shape index (κ1) is 16.1. The molecule has 2 aromatic rings. The Bertz CT molecular complexity index is 774. The number of hydrogen-bond donors (Lipinski definition) is 0. The second-order valence-electron chi connectivity index (χ2n) is 6.73. The second-order valence-corrected chi connectivity index (χ2v) is 6.73. The summed E-state index contributed by atoms with van der Waals surface area (Å²) in [5, 5.41) is 0. The van der Waals surface area contributed by atoms with E-state index in [2.05, 4.69) is 69.9 Å². The summed E-state index contributed by atoms with van der Waals surface area (Å²) in [5.41, 5.74) is 3.23.